The predicted octanol–water partition coefficient (Wildman–Crippen LogP) is 1.68. The van der Waals surface area contributed by atoms with Gasteiger partial charge >= 0.3 is 0 Å². The summed E-state index contributed by atoms with van der Waals surface area (Å²) in [5.41, 5.74) is 1.25. The van der Waals surface area contributed by atoms with Gasteiger partial charge in [-0.2, -0.15) is 0 Å². The van der Waals surface area contributed by atoms with Gasteiger partial charge in [0.25, 0.3) is 5.56 Å². The molecular formula is C11H8N2O3. The first-order chi connectivity index (χ1) is 7.79. The van der Waals surface area contributed by atoms with Gasteiger partial charge in [0.05, 0.1) is 12.6 Å². The first-order valence-electron chi connectivity index (χ1n) is 4.73. The Morgan fingerprint density at radius 1 is 1.44 bits per heavy atom. The summed E-state index contributed by atoms with van der Waals surface area (Å²) in [7, 11) is 1.59. The SMILES string of the molecule is COc1ccc2[nH]c(=O)c3ncoc3c2c1. The van der Waals surface area contributed by atoms with E-state index in [1.807, 2.05) is 0 Å². The summed E-state index contributed by atoms with van der Waals surface area (Å²) in [5.74, 6) is 0.706. The molecule has 0 fully saturated rings. The molecule has 5 heteroatoms. The maximum atomic E-state index is 11.6. The predicted molar refractivity (Wildman–Crippen MR) is 58.7 cm³/mol. The normalized spacial score (nSPS) is 11.1. The Morgan fingerprint density at radius 2 is 2.31 bits per heavy atom. The van der Waals surface area contributed by atoms with Crippen molar-refractivity contribution in [3.05, 3.63) is 34.9 Å². The zero-order valence-corrected chi connectivity index (χ0v) is 8.48. The number of hydrogen-bond donors (Lipinski definition) is 1. The Balaban J connectivity index is 2.55. The van der Waals surface area contributed by atoms with E-state index in [2.05, 4.69) is 9.97 Å². The first-order valence-corrected chi connectivity index (χ1v) is 4.73. The number of H-pyrrole nitrogens is 1. The van der Waals surface area contributed by atoms with Crippen LogP contribution in [0.4, 0.5) is 0 Å². The summed E-state index contributed by atoms with van der Waals surface area (Å²) in [5, 5.41) is 0.784. The molecule has 1 aromatic carbocycles. The summed E-state index contributed by atoms with van der Waals surface area (Å²) >= 11 is 0. The van der Waals surface area contributed by atoms with E-state index in [1.54, 1.807) is 25.3 Å². The molecule has 0 radical (unpaired) electrons. The highest BCUT2D eigenvalue weighted by Crippen LogP contribution is 2.24. The van der Waals surface area contributed by atoms with Gasteiger partial charge in [-0.3, -0.25) is 4.79 Å². The highest BCUT2D eigenvalue weighted by Gasteiger charge is 2.09. The van der Waals surface area contributed by atoms with E-state index in [-0.39, 0.29) is 5.56 Å². The van der Waals surface area contributed by atoms with Crippen molar-refractivity contribution in [1.82, 2.24) is 9.97 Å². The van der Waals surface area contributed by atoms with Gasteiger partial charge in [0, 0.05) is 5.39 Å². The molecule has 0 aliphatic carbocycles. The van der Waals surface area contributed by atoms with Crippen molar-refractivity contribution in [2.24, 2.45) is 0 Å². The summed E-state index contributed by atoms with van der Waals surface area (Å²) in [4.78, 5) is 18.2. The van der Waals surface area contributed by atoms with Gasteiger partial charge < -0.3 is 14.1 Å². The number of rotatable bonds is 1. The van der Waals surface area contributed by atoms with Gasteiger partial charge in [0.2, 0.25) is 0 Å². The topological polar surface area (TPSA) is 68.1 Å². The Hall–Kier alpha value is -2.30. The van der Waals surface area contributed by atoms with E-state index >= 15 is 0 Å². The van der Waals surface area contributed by atoms with E-state index in [0.717, 1.165) is 5.39 Å². The van der Waals surface area contributed by atoms with Crippen LogP contribution < -0.4 is 10.3 Å². The maximum absolute atomic E-state index is 11.6. The zero-order valence-electron chi connectivity index (χ0n) is 8.48. The lowest BCUT2D eigenvalue weighted by atomic mass is 10.2. The number of methoxy groups -OCH3 is 1. The van der Waals surface area contributed by atoms with Crippen LogP contribution in [-0.2, 0) is 0 Å². The Kier molecular flexibility index (Phi) is 1.73. The highest BCUT2D eigenvalue weighted by molar-refractivity contribution is 6.00. The van der Waals surface area contributed by atoms with Crippen molar-refractivity contribution in [2.75, 3.05) is 7.11 Å². The molecule has 1 N–H and O–H groups in total. The van der Waals surface area contributed by atoms with E-state index in [4.69, 9.17) is 9.15 Å². The number of benzene rings is 1. The molecule has 80 valence electrons. The third-order valence-corrected chi connectivity index (χ3v) is 2.50. The lowest BCUT2D eigenvalue weighted by molar-refractivity contribution is 0.415. The van der Waals surface area contributed by atoms with Crippen LogP contribution in [0.15, 0.2) is 33.8 Å². The van der Waals surface area contributed by atoms with Crippen LogP contribution in [-0.4, -0.2) is 17.1 Å². The number of pyridine rings is 1. The number of aromatic amines is 1. The van der Waals surface area contributed by atoms with Crippen molar-refractivity contribution in [3.8, 4) is 5.75 Å². The van der Waals surface area contributed by atoms with E-state index in [0.29, 0.717) is 22.4 Å². The third kappa shape index (κ3) is 1.11. The molecule has 0 spiro atoms. The molecule has 0 saturated carbocycles. The number of oxazole rings is 1. The molecular weight excluding hydrogens is 208 g/mol. The lowest BCUT2D eigenvalue weighted by Crippen LogP contribution is -2.05. The smallest absolute Gasteiger partial charge is 0.278 e. The monoisotopic (exact) mass is 216 g/mol. The van der Waals surface area contributed by atoms with Crippen LogP contribution in [0.25, 0.3) is 22.0 Å². The maximum Gasteiger partial charge on any atom is 0.278 e. The molecule has 0 atom stereocenters. The molecule has 0 unspecified atom stereocenters. The van der Waals surface area contributed by atoms with Crippen LogP contribution in [0.3, 0.4) is 0 Å². The Morgan fingerprint density at radius 3 is 3.12 bits per heavy atom. The fourth-order valence-electron chi connectivity index (χ4n) is 1.73. The van der Waals surface area contributed by atoms with Crippen molar-refractivity contribution >= 4 is 22.0 Å². The molecule has 0 amide bonds. The number of aromatic nitrogens is 2. The van der Waals surface area contributed by atoms with Crippen molar-refractivity contribution in [1.29, 1.82) is 0 Å². The minimum Gasteiger partial charge on any atom is -0.497 e. The van der Waals surface area contributed by atoms with Crippen molar-refractivity contribution < 1.29 is 9.15 Å². The molecule has 16 heavy (non-hydrogen) atoms. The molecule has 2 heterocycles. The van der Waals surface area contributed by atoms with E-state index < -0.39 is 0 Å². The van der Waals surface area contributed by atoms with Crippen LogP contribution in [0, 0.1) is 0 Å². The van der Waals surface area contributed by atoms with Gasteiger partial charge in [-0.1, -0.05) is 0 Å². The molecule has 0 bridgehead atoms. The molecule has 0 aliphatic rings. The zero-order chi connectivity index (χ0) is 11.1. The summed E-state index contributed by atoms with van der Waals surface area (Å²) in [6.07, 6.45) is 1.26. The molecule has 0 saturated heterocycles. The van der Waals surface area contributed by atoms with E-state index in [9.17, 15) is 4.79 Å². The largest absolute Gasteiger partial charge is 0.497 e. The number of hydrogen-bond acceptors (Lipinski definition) is 4. The highest BCUT2D eigenvalue weighted by atomic mass is 16.5. The Labute approximate surface area is 89.7 Å². The van der Waals surface area contributed by atoms with E-state index in [1.165, 1.54) is 6.39 Å². The fraction of sp³-hybridized carbons (Fsp3) is 0.0909. The standard InChI is InChI=1S/C11H8N2O3/c1-15-6-2-3-8-7(4-6)10-9(11(14)13-8)12-5-16-10/h2-5H,1H3,(H,13,14). The number of nitrogens with zero attached hydrogens (tertiary/aromatic N) is 1. The van der Waals surface area contributed by atoms with Crippen molar-refractivity contribution in [2.45, 2.75) is 0 Å². The Bertz CT molecular complexity index is 727. The first kappa shape index (κ1) is 8.96. The quantitative estimate of drug-likeness (QED) is 0.671. The van der Waals surface area contributed by atoms with Crippen LogP contribution in [0.5, 0.6) is 5.75 Å². The number of fused-ring (bicyclic) bond motifs is 3. The minimum absolute atomic E-state index is 0.249. The summed E-state index contributed by atoms with van der Waals surface area (Å²) in [6, 6.07) is 5.36. The van der Waals surface area contributed by atoms with Crippen LogP contribution >= 0.6 is 0 Å². The van der Waals surface area contributed by atoms with Crippen LogP contribution in [0.1, 0.15) is 0 Å². The average Bonchev–Trinajstić information content (AvgIpc) is 2.78. The fourth-order valence-corrected chi connectivity index (χ4v) is 1.73. The molecule has 0 aliphatic heterocycles. The van der Waals surface area contributed by atoms with Gasteiger partial charge in [0.15, 0.2) is 17.5 Å². The second kappa shape index (κ2) is 3.10. The van der Waals surface area contributed by atoms with Crippen LogP contribution in [0.2, 0.25) is 0 Å². The van der Waals surface area contributed by atoms with Gasteiger partial charge in [0.1, 0.15) is 5.75 Å². The number of nitrogens with one attached hydrogen (secondary N) is 1. The molecule has 3 aromatic rings. The van der Waals surface area contributed by atoms with Gasteiger partial charge in [-0.05, 0) is 18.2 Å². The van der Waals surface area contributed by atoms with Gasteiger partial charge in [-0.15, -0.1) is 0 Å². The molecule has 5 nitrogen and oxygen atoms in total. The van der Waals surface area contributed by atoms with Gasteiger partial charge in [-0.25, -0.2) is 4.98 Å². The average molecular weight is 216 g/mol. The molecule has 3 rings (SSSR count). The number of ether oxygens (including phenoxy) is 1. The summed E-state index contributed by atoms with van der Waals surface area (Å²) in [6.45, 7) is 0. The third-order valence-electron chi connectivity index (χ3n) is 2.50. The van der Waals surface area contributed by atoms with Crippen molar-refractivity contribution in [3.63, 3.8) is 0 Å². The molecule has 2 aromatic heterocycles. The second-order valence-corrected chi connectivity index (χ2v) is 3.40. The summed E-state index contributed by atoms with van der Waals surface area (Å²) < 4.78 is 10.3. The second-order valence-electron chi connectivity index (χ2n) is 3.40. The minimum atomic E-state index is -0.249. The lowest BCUT2D eigenvalue weighted by Gasteiger charge is -2.01.